The van der Waals surface area contributed by atoms with Crippen LogP contribution in [0.1, 0.15) is 63.9 Å². The Morgan fingerprint density at radius 1 is 1.04 bits per heavy atom. The Labute approximate surface area is 162 Å². The van der Waals surface area contributed by atoms with E-state index in [1.165, 1.54) is 19.3 Å². The summed E-state index contributed by atoms with van der Waals surface area (Å²) >= 11 is 0. The fourth-order valence-corrected chi connectivity index (χ4v) is 6.19. The first kappa shape index (κ1) is 18.5. The normalized spacial score (nSPS) is 30.9. The maximum atomic E-state index is 12.9. The summed E-state index contributed by atoms with van der Waals surface area (Å²) in [5.41, 5.74) is 1.97. The molecule has 4 aliphatic rings. The SMILES string of the molecule is CCc1ccccc1NC(=O)CCCNC(=O)C12CC3CC(CC(C3)C1)C2. The lowest BCUT2D eigenvalue weighted by Gasteiger charge is -2.55. The Bertz CT molecular complexity index is 677. The zero-order valence-electron chi connectivity index (χ0n) is 16.4. The molecule has 0 saturated heterocycles. The summed E-state index contributed by atoms with van der Waals surface area (Å²) in [5, 5.41) is 6.17. The van der Waals surface area contributed by atoms with Crippen LogP contribution < -0.4 is 10.6 Å². The van der Waals surface area contributed by atoms with Crippen molar-refractivity contribution in [3.8, 4) is 0 Å². The molecular formula is C23H32N2O2. The molecule has 2 amide bonds. The molecule has 0 radical (unpaired) electrons. The van der Waals surface area contributed by atoms with E-state index in [0.717, 1.165) is 54.7 Å². The van der Waals surface area contributed by atoms with E-state index in [2.05, 4.69) is 17.6 Å². The fourth-order valence-electron chi connectivity index (χ4n) is 6.19. The van der Waals surface area contributed by atoms with Crippen LogP contribution in [0.15, 0.2) is 24.3 Å². The molecule has 1 aromatic carbocycles. The second-order valence-corrected chi connectivity index (χ2v) is 9.12. The van der Waals surface area contributed by atoms with E-state index in [-0.39, 0.29) is 17.2 Å². The summed E-state index contributed by atoms with van der Waals surface area (Å²) in [4.78, 5) is 25.1. The Morgan fingerprint density at radius 2 is 1.67 bits per heavy atom. The predicted molar refractivity (Wildman–Crippen MR) is 107 cm³/mol. The van der Waals surface area contributed by atoms with Crippen molar-refractivity contribution in [2.75, 3.05) is 11.9 Å². The Hall–Kier alpha value is -1.84. The highest BCUT2D eigenvalue weighted by Gasteiger charge is 2.54. The number of para-hydroxylation sites is 1. The molecule has 2 N–H and O–H groups in total. The van der Waals surface area contributed by atoms with Gasteiger partial charge in [-0.25, -0.2) is 0 Å². The van der Waals surface area contributed by atoms with E-state index in [9.17, 15) is 9.59 Å². The standard InChI is InChI=1S/C23H32N2O2/c1-2-19-6-3-4-7-20(19)25-21(26)8-5-9-24-22(27)23-13-16-10-17(14-23)12-18(11-16)15-23/h3-4,6-7,16-18H,2,5,8-15H2,1H3,(H,24,27)(H,25,26). The highest BCUT2D eigenvalue weighted by molar-refractivity contribution is 5.91. The van der Waals surface area contributed by atoms with E-state index < -0.39 is 0 Å². The summed E-state index contributed by atoms with van der Waals surface area (Å²) in [7, 11) is 0. The van der Waals surface area contributed by atoms with Gasteiger partial charge in [0.15, 0.2) is 0 Å². The average Bonchev–Trinajstić information content (AvgIpc) is 2.64. The van der Waals surface area contributed by atoms with Crippen molar-refractivity contribution in [3.05, 3.63) is 29.8 Å². The van der Waals surface area contributed by atoms with Gasteiger partial charge in [-0.3, -0.25) is 9.59 Å². The summed E-state index contributed by atoms with van der Waals surface area (Å²) < 4.78 is 0. The largest absolute Gasteiger partial charge is 0.356 e. The minimum atomic E-state index is -0.0862. The highest BCUT2D eigenvalue weighted by atomic mass is 16.2. The van der Waals surface area contributed by atoms with Crippen molar-refractivity contribution >= 4 is 17.5 Å². The van der Waals surface area contributed by atoms with Crippen molar-refractivity contribution < 1.29 is 9.59 Å². The van der Waals surface area contributed by atoms with Crippen LogP contribution in [0, 0.1) is 23.2 Å². The minimum Gasteiger partial charge on any atom is -0.356 e. The highest BCUT2D eigenvalue weighted by Crippen LogP contribution is 2.60. The lowest BCUT2D eigenvalue weighted by atomic mass is 9.49. The number of benzene rings is 1. The smallest absolute Gasteiger partial charge is 0.226 e. The molecule has 0 atom stereocenters. The average molecular weight is 369 g/mol. The van der Waals surface area contributed by atoms with Crippen LogP contribution >= 0.6 is 0 Å². The molecule has 1 aromatic rings. The second-order valence-electron chi connectivity index (χ2n) is 9.12. The third-order valence-electron chi connectivity index (χ3n) is 7.06. The zero-order valence-corrected chi connectivity index (χ0v) is 16.4. The first-order valence-electron chi connectivity index (χ1n) is 10.7. The van der Waals surface area contributed by atoms with Gasteiger partial charge in [0.05, 0.1) is 0 Å². The zero-order chi connectivity index (χ0) is 18.9. The number of amides is 2. The summed E-state index contributed by atoms with van der Waals surface area (Å²) in [6.45, 7) is 2.69. The number of hydrogen-bond acceptors (Lipinski definition) is 2. The van der Waals surface area contributed by atoms with Crippen LogP contribution in [0.25, 0.3) is 0 Å². The number of carbonyl (C=O) groups is 2. The quantitative estimate of drug-likeness (QED) is 0.705. The van der Waals surface area contributed by atoms with Gasteiger partial charge in [0, 0.05) is 24.1 Å². The first-order valence-corrected chi connectivity index (χ1v) is 10.7. The van der Waals surface area contributed by atoms with Gasteiger partial charge in [0.25, 0.3) is 0 Å². The number of carbonyl (C=O) groups excluding carboxylic acids is 2. The van der Waals surface area contributed by atoms with Crippen molar-refractivity contribution in [2.24, 2.45) is 23.2 Å². The topological polar surface area (TPSA) is 58.2 Å². The lowest BCUT2D eigenvalue weighted by Crippen LogP contribution is -2.53. The summed E-state index contributed by atoms with van der Waals surface area (Å²) in [6.07, 6.45) is 9.39. The van der Waals surface area contributed by atoms with Crippen LogP contribution in [-0.2, 0) is 16.0 Å². The molecule has 0 spiro atoms. The predicted octanol–water partition coefficient (Wildman–Crippen LogP) is 4.30. The Morgan fingerprint density at radius 3 is 2.30 bits per heavy atom. The van der Waals surface area contributed by atoms with Crippen LogP contribution in [0.3, 0.4) is 0 Å². The number of nitrogens with one attached hydrogen (secondary N) is 2. The number of anilines is 1. The molecule has 4 fully saturated rings. The fraction of sp³-hybridized carbons (Fsp3) is 0.652. The third kappa shape index (κ3) is 3.90. The molecule has 4 aliphatic carbocycles. The van der Waals surface area contributed by atoms with Gasteiger partial charge < -0.3 is 10.6 Å². The molecule has 0 aromatic heterocycles. The molecule has 4 bridgehead atoms. The minimum absolute atomic E-state index is 0.0277. The Balaban J connectivity index is 1.22. The van der Waals surface area contributed by atoms with Gasteiger partial charge in [-0.2, -0.15) is 0 Å². The Kier molecular flexibility index (Phi) is 5.25. The van der Waals surface area contributed by atoms with Crippen LogP contribution in [0.4, 0.5) is 5.69 Å². The van der Waals surface area contributed by atoms with Gasteiger partial charge in [-0.1, -0.05) is 25.1 Å². The summed E-state index contributed by atoms with van der Waals surface area (Å²) in [6, 6.07) is 7.93. The van der Waals surface area contributed by atoms with Crippen molar-refractivity contribution in [1.29, 1.82) is 0 Å². The molecule has 5 rings (SSSR count). The molecule has 0 aliphatic heterocycles. The monoisotopic (exact) mass is 368 g/mol. The molecule has 0 unspecified atom stereocenters. The maximum absolute atomic E-state index is 12.9. The number of rotatable bonds is 7. The molecule has 0 heterocycles. The van der Waals surface area contributed by atoms with E-state index in [1.54, 1.807) is 0 Å². The van der Waals surface area contributed by atoms with Gasteiger partial charge in [0.1, 0.15) is 0 Å². The van der Waals surface area contributed by atoms with E-state index >= 15 is 0 Å². The number of hydrogen-bond donors (Lipinski definition) is 2. The van der Waals surface area contributed by atoms with E-state index in [4.69, 9.17) is 0 Å². The molecule has 4 saturated carbocycles. The van der Waals surface area contributed by atoms with Gasteiger partial charge in [-0.15, -0.1) is 0 Å². The molecule has 146 valence electrons. The lowest BCUT2D eigenvalue weighted by molar-refractivity contribution is -0.146. The van der Waals surface area contributed by atoms with Crippen molar-refractivity contribution in [3.63, 3.8) is 0 Å². The molecule has 4 heteroatoms. The van der Waals surface area contributed by atoms with Crippen molar-refractivity contribution in [2.45, 2.75) is 64.7 Å². The first-order chi connectivity index (χ1) is 13.1. The van der Waals surface area contributed by atoms with Crippen LogP contribution in [0.5, 0.6) is 0 Å². The molecule has 4 nitrogen and oxygen atoms in total. The molecule has 27 heavy (non-hydrogen) atoms. The van der Waals surface area contributed by atoms with Gasteiger partial charge in [-0.05, 0) is 80.8 Å². The van der Waals surface area contributed by atoms with Gasteiger partial charge >= 0.3 is 0 Å². The van der Waals surface area contributed by atoms with E-state index in [1.807, 2.05) is 24.3 Å². The third-order valence-corrected chi connectivity index (χ3v) is 7.06. The van der Waals surface area contributed by atoms with E-state index in [0.29, 0.717) is 19.4 Å². The number of aryl methyl sites for hydroxylation is 1. The van der Waals surface area contributed by atoms with Crippen LogP contribution in [-0.4, -0.2) is 18.4 Å². The maximum Gasteiger partial charge on any atom is 0.226 e. The second kappa shape index (κ2) is 7.65. The summed E-state index contributed by atoms with van der Waals surface area (Å²) in [5.74, 6) is 2.64. The van der Waals surface area contributed by atoms with Crippen molar-refractivity contribution in [1.82, 2.24) is 5.32 Å². The van der Waals surface area contributed by atoms with Gasteiger partial charge in [0.2, 0.25) is 11.8 Å². The molecular weight excluding hydrogens is 336 g/mol. The van der Waals surface area contributed by atoms with Crippen LogP contribution in [0.2, 0.25) is 0 Å².